The lowest BCUT2D eigenvalue weighted by Gasteiger charge is -1.91. The van der Waals surface area contributed by atoms with Gasteiger partial charge in [-0.25, -0.2) is 0 Å². The first kappa shape index (κ1) is 8.41. The Labute approximate surface area is 58.6 Å². The summed E-state index contributed by atoms with van der Waals surface area (Å²) in [7, 11) is 0. The molecule has 2 heteroatoms. The molecule has 0 N–H and O–H groups in total. The summed E-state index contributed by atoms with van der Waals surface area (Å²) < 4.78 is 11.4. The van der Waals surface area contributed by atoms with Crippen molar-refractivity contribution >= 4 is 15.9 Å². The molecule has 0 saturated heterocycles. The number of unbranched alkanes of at least 4 members (excludes halogenated alkanes) is 3. The first-order valence-corrected chi connectivity index (χ1v) is 4.16. The second-order valence-electron chi connectivity index (χ2n) is 1.79. The van der Waals surface area contributed by atoms with E-state index in [0.717, 1.165) is 24.6 Å². The van der Waals surface area contributed by atoms with Crippen LogP contribution < -0.4 is 0 Å². The average Bonchev–Trinajstić information content (AvgIpc) is 1.81. The van der Waals surface area contributed by atoms with Crippen LogP contribution in [0.5, 0.6) is 0 Å². The SMILES string of the molecule is [18F]CCCCCCBr. The molecule has 0 saturated carbocycles. The molecule has 0 rings (SSSR count). The van der Waals surface area contributed by atoms with Gasteiger partial charge in [-0.1, -0.05) is 28.8 Å². The van der Waals surface area contributed by atoms with E-state index in [2.05, 4.69) is 15.9 Å². The molecular weight excluding hydrogens is 170 g/mol. The summed E-state index contributed by atoms with van der Waals surface area (Å²) in [4.78, 5) is 0. The molecule has 0 spiro atoms. The molecule has 0 aromatic rings. The van der Waals surface area contributed by atoms with Crippen molar-refractivity contribution in [2.45, 2.75) is 25.7 Å². The van der Waals surface area contributed by atoms with Gasteiger partial charge < -0.3 is 0 Å². The maximum atomic E-state index is 11.4. The van der Waals surface area contributed by atoms with Crippen molar-refractivity contribution in [3.8, 4) is 0 Å². The Hall–Kier alpha value is 0.410. The maximum Gasteiger partial charge on any atom is 0.0894 e. The van der Waals surface area contributed by atoms with Gasteiger partial charge in [0.15, 0.2) is 0 Å². The summed E-state index contributed by atoms with van der Waals surface area (Å²) in [6.45, 7) is -0.151. The van der Waals surface area contributed by atoms with Gasteiger partial charge in [0, 0.05) is 5.33 Å². The Balaban J connectivity index is 2.53. The Morgan fingerprint density at radius 2 is 1.62 bits per heavy atom. The monoisotopic (exact) mass is 181 g/mol. The van der Waals surface area contributed by atoms with Crippen molar-refractivity contribution in [3.63, 3.8) is 0 Å². The second kappa shape index (κ2) is 7.41. The molecule has 0 bridgehead atoms. The number of rotatable bonds is 5. The smallest absolute Gasteiger partial charge is 0.0894 e. The average molecular weight is 182 g/mol. The van der Waals surface area contributed by atoms with Crippen LogP contribution in [0.2, 0.25) is 0 Å². The molecule has 0 radical (unpaired) electrons. The fraction of sp³-hybridized carbons (Fsp3) is 1.00. The van der Waals surface area contributed by atoms with Gasteiger partial charge >= 0.3 is 0 Å². The highest BCUT2D eigenvalue weighted by Gasteiger charge is 1.85. The van der Waals surface area contributed by atoms with E-state index in [1.165, 1.54) is 6.42 Å². The van der Waals surface area contributed by atoms with Gasteiger partial charge in [0.2, 0.25) is 0 Å². The van der Waals surface area contributed by atoms with Crippen molar-refractivity contribution in [1.82, 2.24) is 0 Å². The summed E-state index contributed by atoms with van der Waals surface area (Å²) >= 11 is 3.31. The van der Waals surface area contributed by atoms with Gasteiger partial charge in [-0.2, -0.15) is 0 Å². The van der Waals surface area contributed by atoms with Crippen LogP contribution in [0, 0.1) is 0 Å². The van der Waals surface area contributed by atoms with Gasteiger partial charge in [0.25, 0.3) is 0 Å². The summed E-state index contributed by atoms with van der Waals surface area (Å²) in [5.74, 6) is 0. The van der Waals surface area contributed by atoms with Gasteiger partial charge in [-0.15, -0.1) is 0 Å². The van der Waals surface area contributed by atoms with Crippen LogP contribution in [-0.2, 0) is 0 Å². The number of hydrogen-bond acceptors (Lipinski definition) is 0. The molecule has 0 unspecified atom stereocenters. The third-order valence-electron chi connectivity index (χ3n) is 1.02. The predicted octanol–water partition coefficient (Wildman–Crippen LogP) is 2.91. The van der Waals surface area contributed by atoms with E-state index in [1.54, 1.807) is 0 Å². The summed E-state index contributed by atoms with van der Waals surface area (Å²) in [5.41, 5.74) is 0. The summed E-state index contributed by atoms with van der Waals surface area (Å²) in [5, 5.41) is 1.05. The molecule has 0 aliphatic rings. The van der Waals surface area contributed by atoms with Crippen LogP contribution in [0.15, 0.2) is 0 Å². The van der Waals surface area contributed by atoms with Crippen LogP contribution in [0.3, 0.4) is 0 Å². The van der Waals surface area contributed by atoms with E-state index in [1.807, 2.05) is 0 Å². The number of hydrogen-bond donors (Lipinski definition) is 0. The van der Waals surface area contributed by atoms with E-state index < -0.39 is 0 Å². The van der Waals surface area contributed by atoms with Gasteiger partial charge in [-0.3, -0.25) is 4.39 Å². The third kappa shape index (κ3) is 6.41. The van der Waals surface area contributed by atoms with Gasteiger partial charge in [0.1, 0.15) is 0 Å². The molecule has 8 heavy (non-hydrogen) atoms. The lowest BCUT2D eigenvalue weighted by atomic mass is 10.2. The van der Waals surface area contributed by atoms with E-state index in [9.17, 15) is 4.39 Å². The third-order valence-corrected chi connectivity index (χ3v) is 1.58. The van der Waals surface area contributed by atoms with E-state index in [0.29, 0.717) is 0 Å². The highest BCUT2D eigenvalue weighted by molar-refractivity contribution is 9.09. The first-order valence-electron chi connectivity index (χ1n) is 3.03. The molecule has 0 aromatic heterocycles. The molecule has 50 valence electrons. The Morgan fingerprint density at radius 1 is 1.00 bits per heavy atom. The fourth-order valence-corrected chi connectivity index (χ4v) is 0.939. The minimum absolute atomic E-state index is 0.151. The zero-order valence-electron chi connectivity index (χ0n) is 5.00. The molecule has 0 heterocycles. The number of halogens is 2. The Kier molecular flexibility index (Phi) is 7.79. The highest BCUT2D eigenvalue weighted by atomic mass is 79.9. The predicted molar refractivity (Wildman–Crippen MR) is 38.2 cm³/mol. The van der Waals surface area contributed by atoms with E-state index in [-0.39, 0.29) is 6.67 Å². The first-order chi connectivity index (χ1) is 3.91. The molecule has 0 nitrogen and oxygen atoms in total. The molecular formula is C6H12BrF. The second-order valence-corrected chi connectivity index (χ2v) is 2.59. The Bertz CT molecular complexity index is 33.5. The van der Waals surface area contributed by atoms with Crippen molar-refractivity contribution < 1.29 is 4.39 Å². The zero-order chi connectivity index (χ0) is 6.24. The normalized spacial score (nSPS) is 9.75. The summed E-state index contributed by atoms with van der Waals surface area (Å²) in [6.07, 6.45) is 4.13. The lowest BCUT2D eigenvalue weighted by Crippen LogP contribution is -1.79. The van der Waals surface area contributed by atoms with E-state index in [4.69, 9.17) is 0 Å². The summed E-state index contributed by atoms with van der Waals surface area (Å²) in [6, 6.07) is 0. The van der Waals surface area contributed by atoms with Crippen molar-refractivity contribution in [1.29, 1.82) is 0 Å². The topological polar surface area (TPSA) is 0 Å². The van der Waals surface area contributed by atoms with Crippen LogP contribution in [-0.4, -0.2) is 12.0 Å². The zero-order valence-corrected chi connectivity index (χ0v) is 6.58. The van der Waals surface area contributed by atoms with Gasteiger partial charge in [0.05, 0.1) is 6.67 Å². The van der Waals surface area contributed by atoms with Crippen LogP contribution >= 0.6 is 15.9 Å². The van der Waals surface area contributed by atoms with Crippen molar-refractivity contribution in [3.05, 3.63) is 0 Å². The van der Waals surface area contributed by atoms with Crippen molar-refractivity contribution in [2.24, 2.45) is 0 Å². The molecule has 0 aromatic carbocycles. The maximum absolute atomic E-state index is 11.4. The van der Waals surface area contributed by atoms with Crippen LogP contribution in [0.1, 0.15) is 25.7 Å². The minimum atomic E-state index is -0.151. The molecule has 0 aliphatic heterocycles. The van der Waals surface area contributed by atoms with Crippen molar-refractivity contribution in [2.75, 3.05) is 12.0 Å². The Morgan fingerprint density at radius 3 is 2.12 bits per heavy atom. The molecule has 0 fully saturated rings. The fourth-order valence-electron chi connectivity index (χ4n) is 0.543. The lowest BCUT2D eigenvalue weighted by molar-refractivity contribution is 0.455. The van der Waals surface area contributed by atoms with Crippen LogP contribution in [0.25, 0.3) is 0 Å². The quantitative estimate of drug-likeness (QED) is 0.453. The van der Waals surface area contributed by atoms with Crippen LogP contribution in [0.4, 0.5) is 4.39 Å². The van der Waals surface area contributed by atoms with Gasteiger partial charge in [-0.05, 0) is 12.8 Å². The van der Waals surface area contributed by atoms with E-state index >= 15 is 0 Å². The molecule has 0 atom stereocenters. The molecule has 0 aliphatic carbocycles. The minimum Gasteiger partial charge on any atom is -0.251 e. The number of alkyl halides is 2. The standard InChI is InChI=1S/C6H12BrF/c7-5-3-1-2-4-6-8/h1-6H2/i8-1. The largest absolute Gasteiger partial charge is 0.251 e. The highest BCUT2D eigenvalue weighted by Crippen LogP contribution is 2.01. The molecule has 0 amide bonds.